The molecule has 0 aliphatic carbocycles. The summed E-state index contributed by atoms with van der Waals surface area (Å²) < 4.78 is 13.7. The van der Waals surface area contributed by atoms with Crippen LogP contribution in [-0.2, 0) is 5.54 Å². The van der Waals surface area contributed by atoms with Crippen LogP contribution in [0.1, 0.15) is 18.1 Å². The largest absolute Gasteiger partial charge is 0.394 e. The second-order valence-electron chi connectivity index (χ2n) is 5.11. The van der Waals surface area contributed by atoms with E-state index in [0.29, 0.717) is 4.47 Å². The maximum absolute atomic E-state index is 13.3. The van der Waals surface area contributed by atoms with Crippen LogP contribution in [-0.4, -0.2) is 11.7 Å². The second-order valence-corrected chi connectivity index (χ2v) is 5.96. The molecule has 106 valence electrons. The van der Waals surface area contributed by atoms with Gasteiger partial charge in [-0.25, -0.2) is 4.39 Å². The van der Waals surface area contributed by atoms with Crippen molar-refractivity contribution in [1.29, 1.82) is 0 Å². The van der Waals surface area contributed by atoms with E-state index in [1.165, 1.54) is 11.6 Å². The average molecular weight is 338 g/mol. The molecule has 0 radical (unpaired) electrons. The zero-order valence-electron chi connectivity index (χ0n) is 11.5. The fraction of sp³-hybridized carbons (Fsp3) is 0.250. The first-order valence-electron chi connectivity index (χ1n) is 6.36. The first-order chi connectivity index (χ1) is 9.44. The molecular weight excluding hydrogens is 321 g/mol. The summed E-state index contributed by atoms with van der Waals surface area (Å²) in [7, 11) is 0. The third-order valence-electron chi connectivity index (χ3n) is 3.34. The Morgan fingerprint density at radius 3 is 2.40 bits per heavy atom. The van der Waals surface area contributed by atoms with Crippen LogP contribution in [0.3, 0.4) is 0 Å². The Balaban J connectivity index is 2.32. The molecule has 2 nitrogen and oxygen atoms in total. The normalized spacial score (nSPS) is 13.8. The van der Waals surface area contributed by atoms with E-state index in [1.807, 2.05) is 38.1 Å². The van der Waals surface area contributed by atoms with Crippen molar-refractivity contribution >= 4 is 21.6 Å². The van der Waals surface area contributed by atoms with E-state index >= 15 is 0 Å². The predicted molar refractivity (Wildman–Crippen MR) is 83.3 cm³/mol. The lowest BCUT2D eigenvalue weighted by Crippen LogP contribution is -2.35. The molecule has 1 atom stereocenters. The molecule has 0 aromatic heterocycles. The molecule has 1 unspecified atom stereocenters. The van der Waals surface area contributed by atoms with E-state index < -0.39 is 5.54 Å². The zero-order valence-corrected chi connectivity index (χ0v) is 13.0. The highest BCUT2D eigenvalue weighted by atomic mass is 79.9. The number of aliphatic hydroxyl groups is 1. The van der Waals surface area contributed by atoms with E-state index in [0.717, 1.165) is 11.3 Å². The molecule has 0 bridgehead atoms. The molecule has 2 N–H and O–H groups in total. The van der Waals surface area contributed by atoms with Crippen LogP contribution in [0.4, 0.5) is 10.1 Å². The number of rotatable bonds is 4. The fourth-order valence-corrected chi connectivity index (χ4v) is 2.38. The van der Waals surface area contributed by atoms with Gasteiger partial charge in [0.1, 0.15) is 5.82 Å². The summed E-state index contributed by atoms with van der Waals surface area (Å²) in [5.41, 5.74) is 2.22. The lowest BCUT2D eigenvalue weighted by Gasteiger charge is -2.31. The van der Waals surface area contributed by atoms with Gasteiger partial charge >= 0.3 is 0 Å². The highest BCUT2D eigenvalue weighted by Crippen LogP contribution is 2.29. The summed E-state index contributed by atoms with van der Waals surface area (Å²) in [6.45, 7) is 3.80. The number of aryl methyl sites for hydroxylation is 1. The van der Waals surface area contributed by atoms with E-state index in [-0.39, 0.29) is 12.4 Å². The average Bonchev–Trinajstić information content (AvgIpc) is 2.44. The number of hydrogen-bond donors (Lipinski definition) is 2. The second kappa shape index (κ2) is 5.94. The number of benzene rings is 2. The topological polar surface area (TPSA) is 32.3 Å². The first-order valence-corrected chi connectivity index (χ1v) is 7.15. The highest BCUT2D eigenvalue weighted by molar-refractivity contribution is 9.10. The van der Waals surface area contributed by atoms with Crippen LogP contribution in [0.25, 0.3) is 0 Å². The highest BCUT2D eigenvalue weighted by Gasteiger charge is 2.26. The summed E-state index contributed by atoms with van der Waals surface area (Å²) >= 11 is 3.18. The van der Waals surface area contributed by atoms with Gasteiger partial charge in [-0.3, -0.25) is 0 Å². The fourth-order valence-electron chi connectivity index (χ4n) is 2.00. The van der Waals surface area contributed by atoms with Crippen LogP contribution >= 0.6 is 15.9 Å². The van der Waals surface area contributed by atoms with E-state index in [2.05, 4.69) is 21.2 Å². The monoisotopic (exact) mass is 337 g/mol. The predicted octanol–water partition coefficient (Wildman–Crippen LogP) is 4.22. The zero-order chi connectivity index (χ0) is 14.8. The molecule has 2 aromatic rings. The molecule has 0 fully saturated rings. The molecule has 0 saturated carbocycles. The van der Waals surface area contributed by atoms with Crippen LogP contribution in [0.2, 0.25) is 0 Å². The van der Waals surface area contributed by atoms with Crippen LogP contribution in [0.5, 0.6) is 0 Å². The van der Waals surface area contributed by atoms with Crippen molar-refractivity contribution in [3.63, 3.8) is 0 Å². The van der Waals surface area contributed by atoms with Gasteiger partial charge in [-0.1, -0.05) is 23.8 Å². The third-order valence-corrected chi connectivity index (χ3v) is 3.95. The van der Waals surface area contributed by atoms with Crippen molar-refractivity contribution < 1.29 is 9.50 Å². The molecule has 0 aliphatic heterocycles. The minimum atomic E-state index is -0.675. The summed E-state index contributed by atoms with van der Waals surface area (Å²) in [6.07, 6.45) is 0. The van der Waals surface area contributed by atoms with Gasteiger partial charge in [0.05, 0.1) is 16.6 Å². The van der Waals surface area contributed by atoms with Gasteiger partial charge in [-0.05, 0) is 59.6 Å². The van der Waals surface area contributed by atoms with Crippen molar-refractivity contribution in [3.05, 3.63) is 63.9 Å². The van der Waals surface area contributed by atoms with Crippen LogP contribution in [0.15, 0.2) is 46.9 Å². The van der Waals surface area contributed by atoms with Crippen molar-refractivity contribution in [2.75, 3.05) is 11.9 Å². The number of hydrogen-bond acceptors (Lipinski definition) is 2. The van der Waals surface area contributed by atoms with Gasteiger partial charge < -0.3 is 10.4 Å². The number of anilines is 1. The molecule has 0 heterocycles. The number of aliphatic hydroxyl groups excluding tert-OH is 1. The van der Waals surface area contributed by atoms with Gasteiger partial charge in [-0.15, -0.1) is 0 Å². The SMILES string of the molecule is Cc1ccc(NC(C)(CO)c2ccc(F)c(Br)c2)cc1. The molecule has 2 aromatic carbocycles. The Morgan fingerprint density at radius 1 is 1.20 bits per heavy atom. The standard InChI is InChI=1S/C16H17BrFNO/c1-11-3-6-13(7-4-11)19-16(2,10-20)12-5-8-15(18)14(17)9-12/h3-9,19-20H,10H2,1-2H3. The van der Waals surface area contributed by atoms with Crippen molar-refractivity contribution in [2.24, 2.45) is 0 Å². The number of halogens is 2. The summed E-state index contributed by atoms with van der Waals surface area (Å²) in [5.74, 6) is -0.315. The summed E-state index contributed by atoms with van der Waals surface area (Å²) in [5, 5.41) is 13.0. The Hall–Kier alpha value is -1.39. The van der Waals surface area contributed by atoms with Gasteiger partial charge in [0.15, 0.2) is 0 Å². The molecule has 0 saturated heterocycles. The lowest BCUT2D eigenvalue weighted by molar-refractivity contribution is 0.224. The maximum Gasteiger partial charge on any atom is 0.137 e. The van der Waals surface area contributed by atoms with Crippen molar-refractivity contribution in [2.45, 2.75) is 19.4 Å². The van der Waals surface area contributed by atoms with E-state index in [4.69, 9.17) is 0 Å². The summed E-state index contributed by atoms with van der Waals surface area (Å²) in [6, 6.07) is 12.7. The first kappa shape index (κ1) is 15.0. The molecule has 4 heteroatoms. The van der Waals surface area contributed by atoms with Crippen molar-refractivity contribution in [3.8, 4) is 0 Å². The Kier molecular flexibility index (Phi) is 4.45. The van der Waals surface area contributed by atoms with Crippen molar-refractivity contribution in [1.82, 2.24) is 0 Å². The smallest absolute Gasteiger partial charge is 0.137 e. The molecule has 20 heavy (non-hydrogen) atoms. The minimum absolute atomic E-state index is 0.0983. The molecule has 0 amide bonds. The van der Waals surface area contributed by atoms with E-state index in [1.54, 1.807) is 12.1 Å². The molecular formula is C16H17BrFNO. The van der Waals surface area contributed by atoms with Gasteiger partial charge in [0, 0.05) is 5.69 Å². The third kappa shape index (κ3) is 3.19. The molecule has 0 spiro atoms. The Bertz CT molecular complexity index is 600. The Morgan fingerprint density at radius 2 is 1.85 bits per heavy atom. The van der Waals surface area contributed by atoms with Crippen LogP contribution in [0, 0.1) is 12.7 Å². The molecule has 0 aliphatic rings. The quantitative estimate of drug-likeness (QED) is 0.875. The van der Waals surface area contributed by atoms with Crippen LogP contribution < -0.4 is 5.32 Å². The maximum atomic E-state index is 13.3. The minimum Gasteiger partial charge on any atom is -0.394 e. The van der Waals surface area contributed by atoms with Gasteiger partial charge in [0.25, 0.3) is 0 Å². The summed E-state index contributed by atoms with van der Waals surface area (Å²) in [4.78, 5) is 0. The Labute approximate surface area is 126 Å². The van der Waals surface area contributed by atoms with Gasteiger partial charge in [0.2, 0.25) is 0 Å². The van der Waals surface area contributed by atoms with E-state index in [9.17, 15) is 9.50 Å². The van der Waals surface area contributed by atoms with Gasteiger partial charge in [-0.2, -0.15) is 0 Å². The molecule has 2 rings (SSSR count). The lowest BCUT2D eigenvalue weighted by atomic mass is 9.92. The number of nitrogens with one attached hydrogen (secondary N) is 1.